The van der Waals surface area contributed by atoms with Gasteiger partial charge in [-0.25, -0.2) is 0 Å². The Balaban J connectivity index is 2.08. The fourth-order valence-corrected chi connectivity index (χ4v) is 3.80. The average molecular weight is 261 g/mol. The van der Waals surface area contributed by atoms with Crippen molar-refractivity contribution < 1.29 is 14.7 Å². The lowest BCUT2D eigenvalue weighted by Gasteiger charge is -2.24. The summed E-state index contributed by atoms with van der Waals surface area (Å²) in [6, 6.07) is 0. The second kappa shape index (κ2) is 4.22. The third-order valence-corrected chi connectivity index (χ3v) is 4.88. The summed E-state index contributed by atoms with van der Waals surface area (Å²) in [4.78, 5) is 11.8. The van der Waals surface area contributed by atoms with Crippen molar-refractivity contribution >= 4 is 11.7 Å². The molecule has 1 N–H and O–H groups in total. The van der Waals surface area contributed by atoms with Gasteiger partial charge in [0.1, 0.15) is 11.8 Å². The molecule has 2 aliphatic carbocycles. The van der Waals surface area contributed by atoms with Crippen LogP contribution in [0.15, 0.2) is 28.0 Å². The Morgan fingerprint density at radius 2 is 2.16 bits per heavy atom. The van der Waals surface area contributed by atoms with Gasteiger partial charge in [-0.05, 0) is 38.3 Å². The van der Waals surface area contributed by atoms with Crippen LogP contribution in [0.1, 0.15) is 33.6 Å². The number of nitrogens with zero attached hydrogens (tertiary/aromatic N) is 1. The normalized spacial score (nSPS) is 39.8. The molecule has 3 rings (SSSR count). The van der Waals surface area contributed by atoms with Crippen LogP contribution in [-0.2, 0) is 9.53 Å². The third-order valence-electron chi connectivity index (χ3n) is 4.88. The molecule has 102 valence electrons. The summed E-state index contributed by atoms with van der Waals surface area (Å²) in [5, 5.41) is 12.6. The van der Waals surface area contributed by atoms with Gasteiger partial charge in [-0.1, -0.05) is 23.2 Å². The van der Waals surface area contributed by atoms with Crippen LogP contribution in [0.5, 0.6) is 0 Å². The molecule has 0 aromatic heterocycles. The SMILES string of the molecule is CC1=C/C(=N/O)C2=C(C)CC[C@H]3[C@H](OC(=O)[C@H]3C)[C@H]12. The Bertz CT molecular complexity index is 530. The fraction of sp³-hybridized carbons (Fsp3) is 0.600. The summed E-state index contributed by atoms with van der Waals surface area (Å²) in [6.45, 7) is 6.07. The second-order valence-corrected chi connectivity index (χ2v) is 5.94. The Labute approximate surface area is 112 Å². The summed E-state index contributed by atoms with van der Waals surface area (Å²) in [6.07, 6.45) is 3.72. The van der Waals surface area contributed by atoms with Crippen molar-refractivity contribution in [3.05, 3.63) is 22.8 Å². The van der Waals surface area contributed by atoms with Crippen LogP contribution in [0.25, 0.3) is 0 Å². The van der Waals surface area contributed by atoms with Crippen LogP contribution in [-0.4, -0.2) is 23.0 Å². The van der Waals surface area contributed by atoms with Gasteiger partial charge in [-0.15, -0.1) is 0 Å². The molecule has 4 heteroatoms. The van der Waals surface area contributed by atoms with Crippen LogP contribution < -0.4 is 0 Å². The van der Waals surface area contributed by atoms with E-state index >= 15 is 0 Å². The maximum absolute atomic E-state index is 11.8. The van der Waals surface area contributed by atoms with Gasteiger partial charge in [0.15, 0.2) is 0 Å². The monoisotopic (exact) mass is 261 g/mol. The highest BCUT2D eigenvalue weighted by Crippen LogP contribution is 2.47. The van der Waals surface area contributed by atoms with Crippen LogP contribution in [0, 0.1) is 17.8 Å². The van der Waals surface area contributed by atoms with E-state index in [0.29, 0.717) is 5.71 Å². The number of ether oxygens (including phenoxy) is 1. The molecular weight excluding hydrogens is 242 g/mol. The largest absolute Gasteiger partial charge is 0.461 e. The van der Waals surface area contributed by atoms with E-state index in [1.165, 1.54) is 5.57 Å². The van der Waals surface area contributed by atoms with Crippen LogP contribution in [0.4, 0.5) is 0 Å². The first-order valence-corrected chi connectivity index (χ1v) is 6.85. The minimum Gasteiger partial charge on any atom is -0.461 e. The summed E-state index contributed by atoms with van der Waals surface area (Å²) in [5.41, 5.74) is 4.08. The first kappa shape index (κ1) is 12.5. The Morgan fingerprint density at radius 1 is 1.42 bits per heavy atom. The van der Waals surface area contributed by atoms with E-state index in [2.05, 4.69) is 12.1 Å². The number of hydrogen-bond donors (Lipinski definition) is 1. The third kappa shape index (κ3) is 1.66. The smallest absolute Gasteiger partial charge is 0.309 e. The average Bonchev–Trinajstić information content (AvgIpc) is 2.80. The molecule has 4 nitrogen and oxygen atoms in total. The second-order valence-electron chi connectivity index (χ2n) is 5.94. The van der Waals surface area contributed by atoms with Gasteiger partial charge >= 0.3 is 5.97 Å². The Morgan fingerprint density at radius 3 is 2.84 bits per heavy atom. The van der Waals surface area contributed by atoms with Gasteiger partial charge in [0, 0.05) is 11.8 Å². The number of fused-ring (bicyclic) bond motifs is 3. The number of esters is 1. The lowest BCUT2D eigenvalue weighted by Crippen LogP contribution is -2.28. The zero-order valence-corrected chi connectivity index (χ0v) is 11.5. The maximum atomic E-state index is 11.8. The molecule has 19 heavy (non-hydrogen) atoms. The maximum Gasteiger partial charge on any atom is 0.309 e. The molecule has 0 unspecified atom stereocenters. The summed E-state index contributed by atoms with van der Waals surface area (Å²) in [5.74, 6) is 0.231. The standard InChI is InChI=1S/C15H19NO3/c1-7-4-5-10-9(3)15(17)19-14(10)13-8(2)6-11(16-18)12(7)13/h6,9-10,13-14,18H,4-5H2,1-3H3/b16-11-/t9-,10+,13+,14-/m0/s1. The van der Waals surface area contributed by atoms with Crippen molar-refractivity contribution in [2.45, 2.75) is 39.7 Å². The quantitative estimate of drug-likeness (QED) is 0.414. The minimum atomic E-state index is -0.0922. The first-order chi connectivity index (χ1) is 9.04. The summed E-state index contributed by atoms with van der Waals surface area (Å²) >= 11 is 0. The minimum absolute atomic E-state index is 0.0277. The van der Waals surface area contributed by atoms with E-state index in [9.17, 15) is 10.0 Å². The van der Waals surface area contributed by atoms with Gasteiger partial charge < -0.3 is 9.94 Å². The molecule has 0 bridgehead atoms. The predicted molar refractivity (Wildman–Crippen MR) is 70.9 cm³/mol. The molecule has 4 atom stereocenters. The van der Waals surface area contributed by atoms with E-state index in [1.807, 2.05) is 19.9 Å². The van der Waals surface area contributed by atoms with Gasteiger partial charge in [0.25, 0.3) is 0 Å². The number of rotatable bonds is 0. The Kier molecular flexibility index (Phi) is 2.77. The number of carbonyl (C=O) groups is 1. The molecule has 3 aliphatic rings. The topological polar surface area (TPSA) is 58.9 Å². The summed E-state index contributed by atoms with van der Waals surface area (Å²) in [7, 11) is 0. The van der Waals surface area contributed by atoms with E-state index < -0.39 is 0 Å². The molecule has 1 saturated heterocycles. The van der Waals surface area contributed by atoms with Crippen molar-refractivity contribution in [3.8, 4) is 0 Å². The number of oxime groups is 1. The molecule has 0 saturated carbocycles. The highest BCUT2D eigenvalue weighted by atomic mass is 16.6. The van der Waals surface area contributed by atoms with Gasteiger partial charge in [-0.2, -0.15) is 0 Å². The number of allylic oxidation sites excluding steroid dienone is 2. The van der Waals surface area contributed by atoms with E-state index in [4.69, 9.17) is 4.74 Å². The molecule has 0 aromatic rings. The van der Waals surface area contributed by atoms with Crippen molar-refractivity contribution in [1.29, 1.82) is 0 Å². The molecule has 1 fully saturated rings. The zero-order valence-electron chi connectivity index (χ0n) is 11.5. The lowest BCUT2D eigenvalue weighted by atomic mass is 9.81. The van der Waals surface area contributed by atoms with Gasteiger partial charge in [0.2, 0.25) is 0 Å². The summed E-state index contributed by atoms with van der Waals surface area (Å²) < 4.78 is 5.63. The van der Waals surface area contributed by atoms with Crippen molar-refractivity contribution in [1.82, 2.24) is 0 Å². The van der Waals surface area contributed by atoms with Crippen LogP contribution in [0.2, 0.25) is 0 Å². The predicted octanol–water partition coefficient (Wildman–Crippen LogP) is 2.68. The van der Waals surface area contributed by atoms with Crippen molar-refractivity contribution in [3.63, 3.8) is 0 Å². The van der Waals surface area contributed by atoms with Crippen LogP contribution >= 0.6 is 0 Å². The highest BCUT2D eigenvalue weighted by Gasteiger charge is 2.50. The van der Waals surface area contributed by atoms with E-state index in [0.717, 1.165) is 24.0 Å². The molecule has 1 aliphatic heterocycles. The van der Waals surface area contributed by atoms with Crippen molar-refractivity contribution in [2.24, 2.45) is 22.9 Å². The van der Waals surface area contributed by atoms with E-state index in [-0.39, 0.29) is 29.8 Å². The van der Waals surface area contributed by atoms with E-state index in [1.54, 1.807) is 0 Å². The van der Waals surface area contributed by atoms with Crippen LogP contribution in [0.3, 0.4) is 0 Å². The zero-order chi connectivity index (χ0) is 13.7. The molecule has 0 radical (unpaired) electrons. The van der Waals surface area contributed by atoms with Crippen molar-refractivity contribution in [2.75, 3.05) is 0 Å². The van der Waals surface area contributed by atoms with Gasteiger partial charge in [0.05, 0.1) is 5.92 Å². The number of hydrogen-bond acceptors (Lipinski definition) is 4. The first-order valence-electron chi connectivity index (χ1n) is 6.85. The molecule has 0 amide bonds. The molecule has 1 heterocycles. The molecular formula is C15H19NO3. The number of carbonyl (C=O) groups excluding carboxylic acids is 1. The molecule has 0 spiro atoms. The van der Waals surface area contributed by atoms with Gasteiger partial charge in [-0.3, -0.25) is 4.79 Å². The molecule has 0 aromatic carbocycles. The fourth-order valence-electron chi connectivity index (χ4n) is 3.80. The highest BCUT2D eigenvalue weighted by molar-refractivity contribution is 6.12. The Hall–Kier alpha value is -1.58. The lowest BCUT2D eigenvalue weighted by molar-refractivity contribution is -0.144.